The number of fused-ring (bicyclic) bond motifs is 1. The second-order valence-electron chi connectivity index (χ2n) is 3.52. The topological polar surface area (TPSA) is 69.6 Å². The lowest BCUT2D eigenvalue weighted by molar-refractivity contribution is 0.129. The van der Waals surface area contributed by atoms with Gasteiger partial charge in [-0.1, -0.05) is 12.1 Å². The van der Waals surface area contributed by atoms with Gasteiger partial charge in [0, 0.05) is 5.56 Å². The van der Waals surface area contributed by atoms with E-state index in [0.717, 1.165) is 0 Å². The molecule has 0 aliphatic heterocycles. The Morgan fingerprint density at radius 1 is 1.53 bits per heavy atom. The third-order valence-electron chi connectivity index (χ3n) is 2.57. The molecule has 3 N–H and O–H groups in total. The van der Waals surface area contributed by atoms with Crippen LogP contribution in [0.5, 0.6) is 0 Å². The van der Waals surface area contributed by atoms with Crippen LogP contribution >= 0.6 is 0 Å². The number of aliphatic hydroxyl groups is 1. The first-order valence-corrected chi connectivity index (χ1v) is 4.54. The van der Waals surface area contributed by atoms with E-state index < -0.39 is 24.1 Å². The number of hydrogen-bond acceptors (Lipinski definition) is 2. The van der Waals surface area contributed by atoms with Gasteiger partial charge in [0.25, 0.3) is 0 Å². The minimum atomic E-state index is -1.22. The molecule has 0 bridgehead atoms. The number of aliphatic hydroxyl groups excluding tert-OH is 1. The van der Waals surface area contributed by atoms with Crippen LogP contribution in [0.4, 0.5) is 9.18 Å². The highest BCUT2D eigenvalue weighted by molar-refractivity contribution is 5.65. The molecule has 1 amide bonds. The van der Waals surface area contributed by atoms with E-state index in [0.29, 0.717) is 12.0 Å². The average Bonchev–Trinajstić information content (AvgIpc) is 2.44. The van der Waals surface area contributed by atoms with Crippen molar-refractivity contribution in [3.8, 4) is 0 Å². The van der Waals surface area contributed by atoms with Crippen LogP contribution in [0.1, 0.15) is 17.2 Å². The van der Waals surface area contributed by atoms with Crippen LogP contribution in [0.2, 0.25) is 0 Å². The molecule has 0 spiro atoms. The number of amides is 1. The van der Waals surface area contributed by atoms with Gasteiger partial charge < -0.3 is 15.5 Å². The van der Waals surface area contributed by atoms with Crippen molar-refractivity contribution in [1.29, 1.82) is 0 Å². The summed E-state index contributed by atoms with van der Waals surface area (Å²) in [7, 11) is 0. The van der Waals surface area contributed by atoms with Gasteiger partial charge >= 0.3 is 6.09 Å². The smallest absolute Gasteiger partial charge is 0.404 e. The third kappa shape index (κ3) is 1.66. The quantitative estimate of drug-likeness (QED) is 0.650. The molecule has 0 saturated carbocycles. The number of hydrogen-bond donors (Lipinski definition) is 3. The van der Waals surface area contributed by atoms with Gasteiger partial charge in [-0.3, -0.25) is 0 Å². The van der Waals surface area contributed by atoms with Crippen molar-refractivity contribution in [1.82, 2.24) is 5.32 Å². The van der Waals surface area contributed by atoms with Crippen LogP contribution in [0.3, 0.4) is 0 Å². The molecule has 15 heavy (non-hydrogen) atoms. The van der Waals surface area contributed by atoms with E-state index in [1.165, 1.54) is 6.07 Å². The average molecular weight is 211 g/mol. The molecule has 2 rings (SSSR count). The lowest BCUT2D eigenvalue weighted by Gasteiger charge is -2.14. The van der Waals surface area contributed by atoms with Crippen LogP contribution in [-0.2, 0) is 6.42 Å². The first kappa shape index (κ1) is 9.92. The Morgan fingerprint density at radius 2 is 2.27 bits per heavy atom. The third-order valence-corrected chi connectivity index (χ3v) is 2.57. The summed E-state index contributed by atoms with van der Waals surface area (Å²) >= 11 is 0. The van der Waals surface area contributed by atoms with Gasteiger partial charge in [0.2, 0.25) is 0 Å². The minimum Gasteiger partial charge on any atom is -0.465 e. The second-order valence-corrected chi connectivity index (χ2v) is 3.52. The van der Waals surface area contributed by atoms with Crippen molar-refractivity contribution in [3.63, 3.8) is 0 Å². The van der Waals surface area contributed by atoms with Crippen molar-refractivity contribution in [2.45, 2.75) is 18.6 Å². The Labute approximate surface area is 85.4 Å². The molecule has 5 heteroatoms. The maximum absolute atomic E-state index is 13.3. The second kappa shape index (κ2) is 3.51. The van der Waals surface area contributed by atoms with E-state index in [9.17, 15) is 14.3 Å². The number of nitrogens with one attached hydrogen (secondary N) is 1. The number of rotatable bonds is 1. The van der Waals surface area contributed by atoms with E-state index in [1.807, 2.05) is 0 Å². The van der Waals surface area contributed by atoms with Gasteiger partial charge in [0.15, 0.2) is 0 Å². The molecule has 0 fully saturated rings. The highest BCUT2D eigenvalue weighted by Crippen LogP contribution is 2.33. The predicted octanol–water partition coefficient (Wildman–Crippen LogP) is 1.05. The largest absolute Gasteiger partial charge is 0.465 e. The molecule has 1 aliphatic carbocycles. The first-order valence-electron chi connectivity index (χ1n) is 4.54. The maximum atomic E-state index is 13.3. The molecule has 4 nitrogen and oxygen atoms in total. The van der Waals surface area contributed by atoms with Crippen LogP contribution in [0.15, 0.2) is 18.2 Å². The maximum Gasteiger partial charge on any atom is 0.404 e. The number of carboxylic acid groups (broad SMARTS) is 1. The summed E-state index contributed by atoms with van der Waals surface area (Å²) in [6, 6.07) is 3.83. The van der Waals surface area contributed by atoms with Crippen LogP contribution < -0.4 is 5.32 Å². The molecule has 0 unspecified atom stereocenters. The summed E-state index contributed by atoms with van der Waals surface area (Å²) in [4.78, 5) is 10.4. The van der Waals surface area contributed by atoms with Gasteiger partial charge in [0.1, 0.15) is 11.9 Å². The van der Waals surface area contributed by atoms with E-state index in [2.05, 4.69) is 5.32 Å². The van der Waals surface area contributed by atoms with Gasteiger partial charge in [-0.05, 0) is 18.1 Å². The Morgan fingerprint density at radius 3 is 2.87 bits per heavy atom. The molecular weight excluding hydrogens is 201 g/mol. The monoisotopic (exact) mass is 211 g/mol. The summed E-state index contributed by atoms with van der Waals surface area (Å²) < 4.78 is 13.3. The van der Waals surface area contributed by atoms with E-state index >= 15 is 0 Å². The fourth-order valence-electron chi connectivity index (χ4n) is 1.93. The highest BCUT2D eigenvalue weighted by Gasteiger charge is 2.34. The lowest BCUT2D eigenvalue weighted by Crippen LogP contribution is -2.36. The lowest BCUT2D eigenvalue weighted by atomic mass is 10.1. The van der Waals surface area contributed by atoms with Crippen molar-refractivity contribution in [3.05, 3.63) is 35.1 Å². The van der Waals surface area contributed by atoms with Gasteiger partial charge in [-0.15, -0.1) is 0 Å². The summed E-state index contributed by atoms with van der Waals surface area (Å²) in [5.74, 6) is -0.491. The fourth-order valence-corrected chi connectivity index (χ4v) is 1.93. The number of halogens is 1. The van der Waals surface area contributed by atoms with Crippen LogP contribution in [0.25, 0.3) is 0 Å². The van der Waals surface area contributed by atoms with E-state index in [1.54, 1.807) is 12.1 Å². The van der Waals surface area contributed by atoms with Crippen LogP contribution in [0, 0.1) is 5.82 Å². The minimum absolute atomic E-state index is 0.205. The standard InChI is InChI=1S/C10H10FNO3/c11-6-3-1-2-5-4-7(12-10(14)15)9(13)8(5)6/h1-3,7,9,12-13H,4H2,(H,14,15)/t7-,9-/m1/s1. The SMILES string of the molecule is O=C(O)N[C@@H]1Cc2cccc(F)c2[C@@H]1O. The summed E-state index contributed by atoms with van der Waals surface area (Å²) in [6.45, 7) is 0. The molecule has 1 aromatic rings. The van der Waals surface area contributed by atoms with Crippen molar-refractivity contribution in [2.75, 3.05) is 0 Å². The number of benzene rings is 1. The zero-order valence-corrected chi connectivity index (χ0v) is 7.77. The normalized spacial score (nSPS) is 23.6. The Bertz CT molecular complexity index is 408. The molecule has 1 aliphatic rings. The van der Waals surface area contributed by atoms with E-state index in [-0.39, 0.29) is 5.56 Å². The van der Waals surface area contributed by atoms with Gasteiger partial charge in [-0.25, -0.2) is 9.18 Å². The first-order chi connectivity index (χ1) is 7.09. The molecule has 2 atom stereocenters. The summed E-state index contributed by atoms with van der Waals surface area (Å²) in [5, 5.41) is 20.4. The fraction of sp³-hybridized carbons (Fsp3) is 0.300. The van der Waals surface area contributed by atoms with Crippen molar-refractivity contribution in [2.24, 2.45) is 0 Å². The number of carbonyl (C=O) groups is 1. The molecule has 1 aromatic carbocycles. The zero-order chi connectivity index (χ0) is 11.0. The zero-order valence-electron chi connectivity index (χ0n) is 7.77. The Hall–Kier alpha value is -1.62. The Balaban J connectivity index is 2.29. The summed E-state index contributed by atoms with van der Waals surface area (Å²) in [5.41, 5.74) is 0.859. The highest BCUT2D eigenvalue weighted by atomic mass is 19.1. The Kier molecular flexibility index (Phi) is 2.32. The molecular formula is C10H10FNO3. The molecule has 0 heterocycles. The van der Waals surface area contributed by atoms with Crippen molar-refractivity contribution >= 4 is 6.09 Å². The van der Waals surface area contributed by atoms with Crippen LogP contribution in [-0.4, -0.2) is 22.3 Å². The molecule has 0 aromatic heterocycles. The van der Waals surface area contributed by atoms with E-state index in [4.69, 9.17) is 5.11 Å². The molecule has 0 saturated heterocycles. The van der Waals surface area contributed by atoms with Gasteiger partial charge in [0.05, 0.1) is 6.04 Å². The molecule has 80 valence electrons. The molecule has 0 radical (unpaired) electrons. The van der Waals surface area contributed by atoms with Gasteiger partial charge in [-0.2, -0.15) is 0 Å². The van der Waals surface area contributed by atoms with Crippen molar-refractivity contribution < 1.29 is 19.4 Å². The predicted molar refractivity (Wildman–Crippen MR) is 50.0 cm³/mol. The summed E-state index contributed by atoms with van der Waals surface area (Å²) in [6.07, 6.45) is -2.00.